The van der Waals surface area contributed by atoms with E-state index in [-0.39, 0.29) is 17.1 Å². The van der Waals surface area contributed by atoms with E-state index < -0.39 is 29.6 Å². The van der Waals surface area contributed by atoms with E-state index in [0.717, 1.165) is 6.07 Å². The van der Waals surface area contributed by atoms with Crippen LogP contribution in [0.3, 0.4) is 0 Å². The molecule has 10 nitrogen and oxygen atoms in total. The van der Waals surface area contributed by atoms with Gasteiger partial charge in [-0.15, -0.1) is 0 Å². The summed E-state index contributed by atoms with van der Waals surface area (Å²) < 4.78 is 4.80. The molecular formula is C11H13N3O7. The molecule has 1 rings (SSSR count). The summed E-state index contributed by atoms with van der Waals surface area (Å²) in [5.41, 5.74) is -0.217. The number of nitrogens with zero attached hydrogens (tertiary/aromatic N) is 1. The van der Waals surface area contributed by atoms with Gasteiger partial charge in [0.05, 0.1) is 18.6 Å². The zero-order valence-corrected chi connectivity index (χ0v) is 10.9. The minimum absolute atomic E-state index is 0.0345. The lowest BCUT2D eigenvalue weighted by molar-refractivity contribution is -0.385. The van der Waals surface area contributed by atoms with Crippen molar-refractivity contribution in [3.63, 3.8) is 0 Å². The molecule has 10 heteroatoms. The number of aliphatic hydroxyl groups excluding tert-OH is 1. The van der Waals surface area contributed by atoms with E-state index in [9.17, 15) is 19.7 Å². The van der Waals surface area contributed by atoms with Crippen molar-refractivity contribution in [1.82, 2.24) is 5.32 Å². The number of hydrogen-bond donors (Lipinski definition) is 4. The summed E-state index contributed by atoms with van der Waals surface area (Å²) in [5.74, 6) is -1.44. The van der Waals surface area contributed by atoms with Crippen LogP contribution in [-0.4, -0.2) is 46.9 Å². The Balaban J connectivity index is 2.70. The van der Waals surface area contributed by atoms with Crippen LogP contribution in [-0.2, 0) is 4.79 Å². The molecule has 0 aliphatic rings. The van der Waals surface area contributed by atoms with Crippen LogP contribution in [0.2, 0.25) is 0 Å². The van der Waals surface area contributed by atoms with Crippen LogP contribution in [0.1, 0.15) is 0 Å². The van der Waals surface area contributed by atoms with Crippen LogP contribution in [0.4, 0.5) is 16.2 Å². The molecule has 114 valence electrons. The first-order chi connectivity index (χ1) is 9.85. The number of rotatable bonds is 6. The number of aliphatic carboxylic acids is 1. The molecule has 2 amide bonds. The van der Waals surface area contributed by atoms with Gasteiger partial charge < -0.3 is 25.6 Å². The molecule has 21 heavy (non-hydrogen) atoms. The van der Waals surface area contributed by atoms with Gasteiger partial charge >= 0.3 is 17.7 Å². The van der Waals surface area contributed by atoms with Gasteiger partial charge in [-0.05, 0) is 12.1 Å². The van der Waals surface area contributed by atoms with Gasteiger partial charge in [-0.25, -0.2) is 9.59 Å². The van der Waals surface area contributed by atoms with Gasteiger partial charge in [0.25, 0.3) is 0 Å². The molecule has 1 unspecified atom stereocenters. The fourth-order valence-corrected chi connectivity index (χ4v) is 1.36. The number of benzene rings is 1. The molecule has 0 radical (unpaired) electrons. The number of methoxy groups -OCH3 is 1. The van der Waals surface area contributed by atoms with E-state index in [1.165, 1.54) is 19.2 Å². The van der Waals surface area contributed by atoms with Crippen LogP contribution in [0.25, 0.3) is 0 Å². The van der Waals surface area contributed by atoms with Gasteiger partial charge in [0.15, 0.2) is 11.9 Å². The van der Waals surface area contributed by atoms with Crippen molar-refractivity contribution in [2.24, 2.45) is 0 Å². The van der Waals surface area contributed by atoms with Crippen LogP contribution in [0.15, 0.2) is 18.2 Å². The Morgan fingerprint density at radius 2 is 2.14 bits per heavy atom. The van der Waals surface area contributed by atoms with Crippen molar-refractivity contribution < 1.29 is 29.5 Å². The van der Waals surface area contributed by atoms with Gasteiger partial charge in [-0.2, -0.15) is 0 Å². The monoisotopic (exact) mass is 299 g/mol. The predicted molar refractivity (Wildman–Crippen MR) is 70.3 cm³/mol. The molecule has 0 spiro atoms. The largest absolute Gasteiger partial charge is 0.490 e. The van der Waals surface area contributed by atoms with Crippen molar-refractivity contribution in [1.29, 1.82) is 0 Å². The van der Waals surface area contributed by atoms with E-state index in [2.05, 4.69) is 10.6 Å². The molecule has 1 aromatic carbocycles. The summed E-state index contributed by atoms with van der Waals surface area (Å²) >= 11 is 0. The zero-order chi connectivity index (χ0) is 16.0. The average Bonchev–Trinajstić information content (AvgIpc) is 2.44. The predicted octanol–water partition coefficient (Wildman–Crippen LogP) is 0.170. The normalized spacial score (nSPS) is 11.3. The summed E-state index contributed by atoms with van der Waals surface area (Å²) in [6.07, 6.45) is -1.74. The van der Waals surface area contributed by atoms with Gasteiger partial charge in [-0.1, -0.05) is 0 Å². The lowest BCUT2D eigenvalue weighted by Gasteiger charge is -2.10. The maximum Gasteiger partial charge on any atom is 0.334 e. The number of ether oxygens (including phenoxy) is 1. The van der Waals surface area contributed by atoms with Crippen LogP contribution in [0, 0.1) is 10.1 Å². The minimum atomic E-state index is -1.74. The summed E-state index contributed by atoms with van der Waals surface area (Å²) in [7, 11) is 1.27. The molecule has 0 bridgehead atoms. The smallest absolute Gasteiger partial charge is 0.334 e. The van der Waals surface area contributed by atoms with Crippen molar-refractivity contribution in [3.05, 3.63) is 28.3 Å². The summed E-state index contributed by atoms with van der Waals surface area (Å²) in [5, 5.41) is 32.6. The molecule has 0 aliphatic carbocycles. The first kappa shape index (κ1) is 16.2. The standard InChI is InChI=1S/C11H13N3O7/c1-21-9-3-2-6(4-7(9)14(19)20)13-11(18)12-5-8(15)10(16)17/h2-4,8,15H,5H2,1H3,(H,16,17)(H2,12,13,18). The summed E-state index contributed by atoms with van der Waals surface area (Å²) in [6, 6.07) is 2.96. The Kier molecular flexibility index (Phi) is 5.43. The number of nitro groups is 1. The summed E-state index contributed by atoms with van der Waals surface area (Å²) in [4.78, 5) is 31.9. The lowest BCUT2D eigenvalue weighted by atomic mass is 10.2. The number of hydrogen-bond acceptors (Lipinski definition) is 6. The number of aliphatic hydroxyl groups is 1. The van der Waals surface area contributed by atoms with E-state index >= 15 is 0 Å². The molecule has 1 aromatic rings. The number of carboxylic acid groups (broad SMARTS) is 1. The van der Waals surface area contributed by atoms with Crippen molar-refractivity contribution in [3.8, 4) is 5.75 Å². The fourth-order valence-electron chi connectivity index (χ4n) is 1.36. The molecule has 0 fully saturated rings. The fraction of sp³-hybridized carbons (Fsp3) is 0.273. The maximum absolute atomic E-state index is 11.4. The Morgan fingerprint density at radius 1 is 1.48 bits per heavy atom. The van der Waals surface area contributed by atoms with Crippen molar-refractivity contribution in [2.75, 3.05) is 19.0 Å². The SMILES string of the molecule is COc1ccc(NC(=O)NCC(O)C(=O)O)cc1[N+](=O)[O-]. The number of anilines is 1. The number of nitrogens with one attached hydrogen (secondary N) is 2. The van der Waals surface area contributed by atoms with E-state index in [1.54, 1.807) is 0 Å². The second-order valence-corrected chi connectivity index (χ2v) is 3.83. The average molecular weight is 299 g/mol. The first-order valence-corrected chi connectivity index (χ1v) is 5.63. The van der Waals surface area contributed by atoms with Gasteiger partial charge in [0.2, 0.25) is 0 Å². The van der Waals surface area contributed by atoms with Crippen molar-refractivity contribution in [2.45, 2.75) is 6.10 Å². The third kappa shape index (κ3) is 4.62. The van der Waals surface area contributed by atoms with Gasteiger partial charge in [0, 0.05) is 11.8 Å². The minimum Gasteiger partial charge on any atom is -0.490 e. The van der Waals surface area contributed by atoms with Crippen LogP contribution in [0.5, 0.6) is 5.75 Å². The maximum atomic E-state index is 11.4. The van der Waals surface area contributed by atoms with Crippen LogP contribution >= 0.6 is 0 Å². The third-order valence-electron chi connectivity index (χ3n) is 2.37. The highest BCUT2D eigenvalue weighted by molar-refractivity contribution is 5.90. The Bertz CT molecular complexity index is 561. The number of carboxylic acids is 1. The Labute approximate surface area is 118 Å². The topological polar surface area (TPSA) is 151 Å². The van der Waals surface area contributed by atoms with Crippen LogP contribution < -0.4 is 15.4 Å². The highest BCUT2D eigenvalue weighted by Crippen LogP contribution is 2.29. The number of urea groups is 1. The van der Waals surface area contributed by atoms with Crippen molar-refractivity contribution >= 4 is 23.4 Å². The number of nitro benzene ring substituents is 1. The molecule has 0 saturated heterocycles. The molecule has 0 heterocycles. The van der Waals surface area contributed by atoms with E-state index in [4.69, 9.17) is 14.9 Å². The number of amides is 2. The molecule has 4 N–H and O–H groups in total. The highest BCUT2D eigenvalue weighted by Gasteiger charge is 2.17. The third-order valence-corrected chi connectivity index (χ3v) is 2.37. The zero-order valence-electron chi connectivity index (χ0n) is 10.9. The number of carbonyl (C=O) groups excluding carboxylic acids is 1. The second kappa shape index (κ2) is 7.05. The molecule has 0 aromatic heterocycles. The first-order valence-electron chi connectivity index (χ1n) is 5.63. The highest BCUT2D eigenvalue weighted by atomic mass is 16.6. The van der Waals surface area contributed by atoms with E-state index in [1.807, 2.05) is 0 Å². The van der Waals surface area contributed by atoms with Gasteiger partial charge in [-0.3, -0.25) is 10.1 Å². The van der Waals surface area contributed by atoms with E-state index in [0.29, 0.717) is 0 Å². The molecule has 1 atom stereocenters. The Morgan fingerprint density at radius 3 is 2.67 bits per heavy atom. The molecule has 0 saturated carbocycles. The second-order valence-electron chi connectivity index (χ2n) is 3.83. The summed E-state index contributed by atoms with van der Waals surface area (Å²) in [6.45, 7) is -0.501. The lowest BCUT2D eigenvalue weighted by Crippen LogP contribution is -2.38. The quantitative estimate of drug-likeness (QED) is 0.431. The van der Waals surface area contributed by atoms with Gasteiger partial charge in [0.1, 0.15) is 0 Å². The molecular weight excluding hydrogens is 286 g/mol. The Hall–Kier alpha value is -2.88. The number of carbonyl (C=O) groups is 2. The molecule has 0 aliphatic heterocycles.